The van der Waals surface area contributed by atoms with Crippen molar-refractivity contribution in [1.82, 2.24) is 4.90 Å². The lowest BCUT2D eigenvalue weighted by atomic mass is 9.98. The molecule has 1 aliphatic rings. The zero-order valence-electron chi connectivity index (χ0n) is 12.3. The van der Waals surface area contributed by atoms with Gasteiger partial charge in [0.15, 0.2) is 5.78 Å². The molecule has 0 amide bonds. The minimum absolute atomic E-state index is 0.0198. The number of rotatable bonds is 4. The van der Waals surface area contributed by atoms with Crippen LogP contribution in [-0.2, 0) is 11.3 Å². The van der Waals surface area contributed by atoms with Crippen molar-refractivity contribution < 1.29 is 9.53 Å². The molecule has 114 valence electrons. The summed E-state index contributed by atoms with van der Waals surface area (Å²) in [4.78, 5) is 15.1. The van der Waals surface area contributed by atoms with Crippen LogP contribution in [0.3, 0.4) is 0 Å². The number of ether oxygens (including phenoxy) is 1. The van der Waals surface area contributed by atoms with E-state index in [1.165, 1.54) is 0 Å². The summed E-state index contributed by atoms with van der Waals surface area (Å²) in [7, 11) is 0. The van der Waals surface area contributed by atoms with Crippen molar-refractivity contribution in [2.75, 3.05) is 26.3 Å². The number of nitrogens with zero attached hydrogens (tertiary/aromatic N) is 1. The molecule has 0 saturated carbocycles. The van der Waals surface area contributed by atoms with E-state index >= 15 is 0 Å². The first-order valence-electron chi connectivity index (χ1n) is 7.42. The van der Waals surface area contributed by atoms with Crippen molar-refractivity contribution in [2.45, 2.75) is 6.54 Å². The Morgan fingerprint density at radius 3 is 2.64 bits per heavy atom. The molecule has 2 aromatic rings. The number of hydrogen-bond acceptors (Lipinski definition) is 3. The number of ketones is 1. The molecule has 2 aromatic carbocycles. The topological polar surface area (TPSA) is 29.5 Å². The van der Waals surface area contributed by atoms with E-state index in [1.54, 1.807) is 24.3 Å². The highest BCUT2D eigenvalue weighted by Crippen LogP contribution is 2.19. The number of hydrogen-bond donors (Lipinski definition) is 0. The summed E-state index contributed by atoms with van der Waals surface area (Å²) >= 11 is 6.00. The summed E-state index contributed by atoms with van der Waals surface area (Å²) in [6.45, 7) is 4.08. The van der Waals surface area contributed by atoms with E-state index in [9.17, 15) is 4.79 Å². The molecule has 1 saturated heterocycles. The largest absolute Gasteiger partial charge is 0.379 e. The van der Waals surface area contributed by atoms with E-state index in [0.717, 1.165) is 44.0 Å². The minimum atomic E-state index is 0.0198. The van der Waals surface area contributed by atoms with Crippen LogP contribution in [0.2, 0.25) is 5.02 Å². The average Bonchev–Trinajstić information content (AvgIpc) is 2.56. The lowest BCUT2D eigenvalue weighted by Gasteiger charge is -2.27. The summed E-state index contributed by atoms with van der Waals surface area (Å²) in [5.41, 5.74) is 2.42. The smallest absolute Gasteiger partial charge is 0.193 e. The summed E-state index contributed by atoms with van der Waals surface area (Å²) < 4.78 is 5.37. The second-order valence-electron chi connectivity index (χ2n) is 5.39. The molecule has 4 heteroatoms. The Kier molecular flexibility index (Phi) is 4.88. The fourth-order valence-electron chi connectivity index (χ4n) is 2.67. The standard InChI is InChI=1S/C18H18ClNO2/c19-16-6-3-5-14(12-16)18(21)17-7-2-1-4-15(17)13-20-8-10-22-11-9-20/h1-7,12H,8-11,13H2. The SMILES string of the molecule is O=C(c1cccc(Cl)c1)c1ccccc1CN1CCOCC1. The van der Waals surface area contributed by atoms with Gasteiger partial charge in [0.25, 0.3) is 0 Å². The van der Waals surface area contributed by atoms with Gasteiger partial charge in [0.1, 0.15) is 0 Å². The first-order valence-corrected chi connectivity index (χ1v) is 7.80. The molecular formula is C18H18ClNO2. The van der Waals surface area contributed by atoms with Crippen LogP contribution in [0.25, 0.3) is 0 Å². The van der Waals surface area contributed by atoms with Gasteiger partial charge in [-0.3, -0.25) is 9.69 Å². The molecule has 0 aliphatic carbocycles. The fourth-order valence-corrected chi connectivity index (χ4v) is 2.86. The van der Waals surface area contributed by atoms with Crippen LogP contribution in [0, 0.1) is 0 Å². The highest BCUT2D eigenvalue weighted by Gasteiger charge is 2.17. The normalized spacial score (nSPS) is 15.7. The summed E-state index contributed by atoms with van der Waals surface area (Å²) in [5, 5.41) is 0.580. The van der Waals surface area contributed by atoms with E-state index in [-0.39, 0.29) is 5.78 Å². The molecule has 22 heavy (non-hydrogen) atoms. The second-order valence-corrected chi connectivity index (χ2v) is 5.82. The summed E-state index contributed by atoms with van der Waals surface area (Å²) in [5.74, 6) is 0.0198. The minimum Gasteiger partial charge on any atom is -0.379 e. The van der Waals surface area contributed by atoms with Crippen LogP contribution in [-0.4, -0.2) is 37.0 Å². The average molecular weight is 316 g/mol. The Bertz CT molecular complexity index is 666. The van der Waals surface area contributed by atoms with Gasteiger partial charge in [-0.05, 0) is 17.7 Å². The van der Waals surface area contributed by atoms with Crippen LogP contribution in [0.15, 0.2) is 48.5 Å². The molecule has 1 aliphatic heterocycles. The molecular weight excluding hydrogens is 298 g/mol. The predicted molar refractivity (Wildman–Crippen MR) is 87.4 cm³/mol. The van der Waals surface area contributed by atoms with Crippen LogP contribution in [0.5, 0.6) is 0 Å². The first-order chi connectivity index (χ1) is 10.7. The molecule has 0 spiro atoms. The van der Waals surface area contributed by atoms with Crippen LogP contribution < -0.4 is 0 Å². The van der Waals surface area contributed by atoms with Gasteiger partial charge in [0.2, 0.25) is 0 Å². The van der Waals surface area contributed by atoms with Crippen molar-refractivity contribution in [3.63, 3.8) is 0 Å². The number of morpholine rings is 1. The van der Waals surface area contributed by atoms with Gasteiger partial charge in [-0.1, -0.05) is 48.0 Å². The van der Waals surface area contributed by atoms with Gasteiger partial charge in [-0.2, -0.15) is 0 Å². The first kappa shape index (κ1) is 15.2. The Morgan fingerprint density at radius 2 is 1.86 bits per heavy atom. The van der Waals surface area contributed by atoms with Crippen LogP contribution in [0.1, 0.15) is 21.5 Å². The molecule has 0 atom stereocenters. The Labute approximate surface area is 135 Å². The monoisotopic (exact) mass is 315 g/mol. The zero-order chi connectivity index (χ0) is 15.4. The third-order valence-corrected chi connectivity index (χ3v) is 4.08. The van der Waals surface area contributed by atoms with Crippen molar-refractivity contribution in [3.8, 4) is 0 Å². The second kappa shape index (κ2) is 7.05. The maximum absolute atomic E-state index is 12.8. The lowest BCUT2D eigenvalue weighted by molar-refractivity contribution is 0.0341. The van der Waals surface area contributed by atoms with E-state index < -0.39 is 0 Å². The van der Waals surface area contributed by atoms with Gasteiger partial charge in [0, 0.05) is 35.8 Å². The molecule has 0 unspecified atom stereocenters. The Morgan fingerprint density at radius 1 is 1.09 bits per heavy atom. The van der Waals surface area contributed by atoms with Crippen LogP contribution in [0.4, 0.5) is 0 Å². The van der Waals surface area contributed by atoms with E-state index in [1.807, 2.05) is 24.3 Å². The molecule has 3 nitrogen and oxygen atoms in total. The molecule has 3 rings (SSSR count). The number of carbonyl (C=O) groups is 1. The van der Waals surface area contributed by atoms with Crippen molar-refractivity contribution >= 4 is 17.4 Å². The van der Waals surface area contributed by atoms with Crippen molar-refractivity contribution in [2.24, 2.45) is 0 Å². The third-order valence-electron chi connectivity index (χ3n) is 3.85. The molecule has 0 radical (unpaired) electrons. The molecule has 0 bridgehead atoms. The van der Waals surface area contributed by atoms with Crippen molar-refractivity contribution in [3.05, 3.63) is 70.2 Å². The zero-order valence-corrected chi connectivity index (χ0v) is 13.1. The third kappa shape index (κ3) is 3.55. The highest BCUT2D eigenvalue weighted by molar-refractivity contribution is 6.31. The molecule has 0 N–H and O–H groups in total. The maximum Gasteiger partial charge on any atom is 0.193 e. The molecule has 1 fully saturated rings. The Hall–Kier alpha value is -1.68. The van der Waals surface area contributed by atoms with Gasteiger partial charge < -0.3 is 4.74 Å². The van der Waals surface area contributed by atoms with Gasteiger partial charge in [-0.15, -0.1) is 0 Å². The quantitative estimate of drug-likeness (QED) is 0.810. The maximum atomic E-state index is 12.8. The van der Waals surface area contributed by atoms with Crippen LogP contribution >= 0.6 is 11.6 Å². The van der Waals surface area contributed by atoms with Gasteiger partial charge in [-0.25, -0.2) is 0 Å². The van der Waals surface area contributed by atoms with E-state index in [4.69, 9.17) is 16.3 Å². The van der Waals surface area contributed by atoms with E-state index in [2.05, 4.69) is 4.90 Å². The molecule has 1 heterocycles. The van der Waals surface area contributed by atoms with Gasteiger partial charge >= 0.3 is 0 Å². The summed E-state index contributed by atoms with van der Waals surface area (Å²) in [6.07, 6.45) is 0. The number of benzene rings is 2. The highest BCUT2D eigenvalue weighted by atomic mass is 35.5. The molecule has 0 aromatic heterocycles. The fraction of sp³-hybridized carbons (Fsp3) is 0.278. The summed E-state index contributed by atoms with van der Waals surface area (Å²) in [6, 6.07) is 14.9. The number of carbonyl (C=O) groups excluding carboxylic acids is 1. The Balaban J connectivity index is 1.85. The number of halogens is 1. The van der Waals surface area contributed by atoms with Gasteiger partial charge in [0.05, 0.1) is 13.2 Å². The van der Waals surface area contributed by atoms with E-state index in [0.29, 0.717) is 10.6 Å². The lowest BCUT2D eigenvalue weighted by Crippen LogP contribution is -2.36. The predicted octanol–water partition coefficient (Wildman–Crippen LogP) is 3.40. The van der Waals surface area contributed by atoms with Crippen molar-refractivity contribution in [1.29, 1.82) is 0 Å².